The number of aromatic nitrogens is 1. The number of Topliss-reactive ketones (excluding diaryl/α,β-unsaturated/α-hetero) is 1. The first kappa shape index (κ1) is 24.2. The summed E-state index contributed by atoms with van der Waals surface area (Å²) in [6, 6.07) is 12.6. The molecule has 0 bridgehead atoms. The third kappa shape index (κ3) is 5.77. The van der Waals surface area contributed by atoms with Gasteiger partial charge in [0.15, 0.2) is 17.3 Å². The Morgan fingerprint density at radius 3 is 2.43 bits per heavy atom. The number of hydrogen-bond donors (Lipinski definition) is 1. The number of ether oxygens (including phenoxy) is 3. The monoisotopic (exact) mass is 478 g/mol. The average Bonchev–Trinajstić information content (AvgIpc) is 3.71. The third-order valence-corrected chi connectivity index (χ3v) is 5.80. The molecule has 1 saturated carbocycles. The van der Waals surface area contributed by atoms with Crippen molar-refractivity contribution in [3.05, 3.63) is 71.2 Å². The Bertz CT molecular complexity index is 1260. The summed E-state index contributed by atoms with van der Waals surface area (Å²) in [5, 5.41) is 2.63. The number of aryl methyl sites for hydroxylation is 1. The predicted molar refractivity (Wildman–Crippen MR) is 129 cm³/mol. The number of pyridine rings is 1. The van der Waals surface area contributed by atoms with Crippen LogP contribution in [0.1, 0.15) is 39.3 Å². The molecule has 7 nitrogen and oxygen atoms in total. The zero-order valence-corrected chi connectivity index (χ0v) is 19.9. The summed E-state index contributed by atoms with van der Waals surface area (Å²) in [7, 11) is 3.01. The maximum Gasteiger partial charge on any atom is 0.251 e. The van der Waals surface area contributed by atoms with Gasteiger partial charge in [0.1, 0.15) is 23.0 Å². The number of ketones is 1. The van der Waals surface area contributed by atoms with Crippen molar-refractivity contribution in [1.29, 1.82) is 0 Å². The molecule has 1 N–H and O–H groups in total. The molecule has 8 heteroatoms. The van der Waals surface area contributed by atoms with E-state index in [1.54, 1.807) is 43.3 Å². The number of carbonyl (C=O) groups is 2. The van der Waals surface area contributed by atoms with E-state index < -0.39 is 5.91 Å². The molecule has 2 aromatic carbocycles. The van der Waals surface area contributed by atoms with Crippen molar-refractivity contribution in [3.63, 3.8) is 0 Å². The van der Waals surface area contributed by atoms with Crippen LogP contribution in [0.2, 0.25) is 0 Å². The lowest BCUT2D eigenvalue weighted by atomic mass is 10.1. The highest BCUT2D eigenvalue weighted by atomic mass is 19.1. The Balaban J connectivity index is 1.45. The number of halogens is 1. The van der Waals surface area contributed by atoms with Crippen LogP contribution in [0.4, 0.5) is 4.39 Å². The molecule has 0 spiro atoms. The van der Waals surface area contributed by atoms with Crippen LogP contribution in [0, 0.1) is 18.7 Å². The van der Waals surface area contributed by atoms with Crippen LogP contribution in [0.15, 0.2) is 48.5 Å². The van der Waals surface area contributed by atoms with Crippen molar-refractivity contribution in [3.8, 4) is 28.5 Å². The van der Waals surface area contributed by atoms with Crippen LogP contribution >= 0.6 is 0 Å². The van der Waals surface area contributed by atoms with E-state index in [0.717, 1.165) is 0 Å². The number of amides is 1. The molecule has 0 atom stereocenters. The Morgan fingerprint density at radius 1 is 1.00 bits per heavy atom. The molecular formula is C27H27FN2O5. The smallest absolute Gasteiger partial charge is 0.251 e. The molecule has 1 aliphatic rings. The molecule has 0 radical (unpaired) electrons. The van der Waals surface area contributed by atoms with E-state index in [9.17, 15) is 14.0 Å². The fourth-order valence-electron chi connectivity index (χ4n) is 3.54. The van der Waals surface area contributed by atoms with E-state index in [2.05, 4.69) is 10.3 Å². The van der Waals surface area contributed by atoms with Gasteiger partial charge in [0, 0.05) is 11.1 Å². The molecule has 35 heavy (non-hydrogen) atoms. The summed E-state index contributed by atoms with van der Waals surface area (Å²) in [4.78, 5) is 29.9. The zero-order chi connectivity index (χ0) is 24.9. The fourth-order valence-corrected chi connectivity index (χ4v) is 3.54. The van der Waals surface area contributed by atoms with Crippen molar-refractivity contribution in [2.24, 2.45) is 5.92 Å². The molecule has 3 aromatic rings. The van der Waals surface area contributed by atoms with Crippen LogP contribution in [0.25, 0.3) is 11.3 Å². The molecule has 1 amide bonds. The molecule has 1 aromatic heterocycles. The van der Waals surface area contributed by atoms with Gasteiger partial charge >= 0.3 is 0 Å². The van der Waals surface area contributed by atoms with E-state index in [0.29, 0.717) is 52.2 Å². The lowest BCUT2D eigenvalue weighted by molar-refractivity contribution is 0.0902. The molecule has 0 unspecified atom stereocenters. The second kappa shape index (κ2) is 10.5. The highest BCUT2D eigenvalue weighted by Gasteiger charge is 2.23. The Kier molecular flexibility index (Phi) is 7.29. The van der Waals surface area contributed by atoms with Crippen LogP contribution in [-0.2, 0) is 0 Å². The van der Waals surface area contributed by atoms with Gasteiger partial charge in [-0.2, -0.15) is 0 Å². The van der Waals surface area contributed by atoms with Gasteiger partial charge in [-0.05, 0) is 79.8 Å². The van der Waals surface area contributed by atoms with Gasteiger partial charge in [-0.15, -0.1) is 0 Å². The van der Waals surface area contributed by atoms with Crippen molar-refractivity contribution in [2.75, 3.05) is 27.4 Å². The number of benzene rings is 2. The largest absolute Gasteiger partial charge is 0.494 e. The average molecular weight is 479 g/mol. The standard InChI is InChI=1S/C27H27FN2O5/c1-16-12-18(6-8-20(16)28)26-24(33-2)11-9-21(30-26)22(31)14-29-27(32)19-7-10-23(25(13-19)34-3)35-15-17-4-5-17/h6-13,17H,4-5,14-15H2,1-3H3,(H,29,32). The summed E-state index contributed by atoms with van der Waals surface area (Å²) in [6.07, 6.45) is 2.34. The topological polar surface area (TPSA) is 86.8 Å². The van der Waals surface area contributed by atoms with Crippen LogP contribution in [0.3, 0.4) is 0 Å². The lowest BCUT2D eigenvalue weighted by Crippen LogP contribution is -2.30. The van der Waals surface area contributed by atoms with Gasteiger partial charge in [-0.1, -0.05) is 0 Å². The SMILES string of the molecule is COc1cc(C(=O)NCC(=O)c2ccc(OC)c(-c3ccc(F)c(C)c3)n2)ccc1OCC1CC1. The second-order valence-corrected chi connectivity index (χ2v) is 8.44. The Labute approximate surface area is 203 Å². The Hall–Kier alpha value is -3.94. The van der Waals surface area contributed by atoms with Gasteiger partial charge in [0.05, 0.1) is 27.4 Å². The first-order valence-electron chi connectivity index (χ1n) is 11.3. The number of nitrogens with one attached hydrogen (secondary N) is 1. The maximum absolute atomic E-state index is 13.7. The minimum absolute atomic E-state index is 0.157. The minimum atomic E-state index is -0.423. The summed E-state index contributed by atoms with van der Waals surface area (Å²) in [6.45, 7) is 2.03. The normalized spacial score (nSPS) is 12.7. The lowest BCUT2D eigenvalue weighted by Gasteiger charge is -2.12. The summed E-state index contributed by atoms with van der Waals surface area (Å²) >= 11 is 0. The van der Waals surface area contributed by atoms with Gasteiger partial charge in [0.25, 0.3) is 5.91 Å². The molecular weight excluding hydrogens is 451 g/mol. The van der Waals surface area contributed by atoms with Crippen LogP contribution in [0.5, 0.6) is 17.2 Å². The number of nitrogens with zero attached hydrogens (tertiary/aromatic N) is 1. The molecule has 0 aliphatic heterocycles. The summed E-state index contributed by atoms with van der Waals surface area (Å²) < 4.78 is 30.2. The number of hydrogen-bond acceptors (Lipinski definition) is 6. The highest BCUT2D eigenvalue weighted by Crippen LogP contribution is 2.33. The zero-order valence-electron chi connectivity index (χ0n) is 19.9. The van der Waals surface area contributed by atoms with Crippen LogP contribution < -0.4 is 19.5 Å². The summed E-state index contributed by atoms with van der Waals surface area (Å²) in [5.74, 6) is 0.951. The van der Waals surface area contributed by atoms with Gasteiger partial charge < -0.3 is 19.5 Å². The first-order valence-corrected chi connectivity index (χ1v) is 11.3. The first-order chi connectivity index (χ1) is 16.9. The van der Waals surface area contributed by atoms with Crippen molar-refractivity contribution in [1.82, 2.24) is 10.3 Å². The highest BCUT2D eigenvalue weighted by molar-refractivity contribution is 6.01. The number of methoxy groups -OCH3 is 2. The second-order valence-electron chi connectivity index (χ2n) is 8.44. The van der Waals surface area contributed by atoms with Crippen molar-refractivity contribution in [2.45, 2.75) is 19.8 Å². The maximum atomic E-state index is 13.7. The number of carbonyl (C=O) groups excluding carboxylic acids is 2. The van der Waals surface area contributed by atoms with Gasteiger partial charge in [-0.3, -0.25) is 9.59 Å². The summed E-state index contributed by atoms with van der Waals surface area (Å²) in [5.41, 5.74) is 1.99. The minimum Gasteiger partial charge on any atom is -0.494 e. The van der Waals surface area contributed by atoms with E-state index >= 15 is 0 Å². The van der Waals surface area contributed by atoms with Gasteiger partial charge in [-0.25, -0.2) is 9.37 Å². The quantitative estimate of drug-likeness (QED) is 0.428. The molecule has 1 heterocycles. The molecule has 1 aliphatic carbocycles. The third-order valence-electron chi connectivity index (χ3n) is 5.80. The molecule has 0 saturated heterocycles. The van der Waals surface area contributed by atoms with E-state index in [-0.39, 0.29) is 23.8 Å². The molecule has 1 fully saturated rings. The molecule has 4 rings (SSSR count). The Morgan fingerprint density at radius 2 is 1.74 bits per heavy atom. The van der Waals surface area contributed by atoms with E-state index in [1.807, 2.05) is 0 Å². The van der Waals surface area contributed by atoms with Crippen molar-refractivity contribution >= 4 is 11.7 Å². The van der Waals surface area contributed by atoms with E-state index in [4.69, 9.17) is 14.2 Å². The van der Waals surface area contributed by atoms with Crippen LogP contribution in [-0.4, -0.2) is 44.0 Å². The fraction of sp³-hybridized carbons (Fsp3) is 0.296. The number of rotatable bonds is 10. The van der Waals surface area contributed by atoms with Gasteiger partial charge in [0.2, 0.25) is 0 Å². The van der Waals surface area contributed by atoms with E-state index in [1.165, 1.54) is 39.2 Å². The predicted octanol–water partition coefficient (Wildman–Crippen LogP) is 4.61. The van der Waals surface area contributed by atoms with Crippen molar-refractivity contribution < 1.29 is 28.2 Å². The molecule has 182 valence electrons.